The molecule has 2 aromatic carbocycles. The fourth-order valence-corrected chi connectivity index (χ4v) is 2.85. The van der Waals surface area contributed by atoms with E-state index < -0.39 is 0 Å². The smallest absolute Gasteiger partial charge is 0.311 e. The molecule has 0 fully saturated rings. The van der Waals surface area contributed by atoms with E-state index >= 15 is 0 Å². The summed E-state index contributed by atoms with van der Waals surface area (Å²) < 4.78 is 11.4. The third-order valence-corrected chi connectivity index (χ3v) is 4.51. The van der Waals surface area contributed by atoms with Crippen LogP contribution >= 0.6 is 0 Å². The van der Waals surface area contributed by atoms with E-state index in [1.807, 2.05) is 31.2 Å². The Bertz CT molecular complexity index is 752. The molecule has 0 unspecified atom stereocenters. The van der Waals surface area contributed by atoms with Crippen LogP contribution in [0, 0.1) is 6.92 Å². The molecular weight excluding hydrogens is 336 g/mol. The average molecular weight is 369 g/mol. The van der Waals surface area contributed by atoms with E-state index in [0.29, 0.717) is 31.1 Å². The zero-order valence-corrected chi connectivity index (χ0v) is 17.5. The second-order valence-electron chi connectivity index (χ2n) is 8.40. The zero-order chi connectivity index (χ0) is 20.0. The summed E-state index contributed by atoms with van der Waals surface area (Å²) in [5.41, 5.74) is 3.43. The van der Waals surface area contributed by atoms with Gasteiger partial charge in [-0.25, -0.2) is 0 Å². The number of hydrogen-bond donors (Lipinski definition) is 0. The predicted octanol–water partition coefficient (Wildman–Crippen LogP) is 6.18. The van der Waals surface area contributed by atoms with Crippen molar-refractivity contribution in [1.29, 1.82) is 0 Å². The van der Waals surface area contributed by atoms with Crippen LogP contribution in [-0.4, -0.2) is 12.6 Å². The van der Waals surface area contributed by atoms with Gasteiger partial charge in [-0.15, -0.1) is 0 Å². The monoisotopic (exact) mass is 368 g/mol. The number of ether oxygens (including phenoxy) is 2. The van der Waals surface area contributed by atoms with Gasteiger partial charge in [0.15, 0.2) is 0 Å². The highest BCUT2D eigenvalue weighted by molar-refractivity contribution is 5.73. The Balaban J connectivity index is 1.83. The lowest BCUT2D eigenvalue weighted by Gasteiger charge is -2.22. The summed E-state index contributed by atoms with van der Waals surface area (Å²) >= 11 is 0. The van der Waals surface area contributed by atoms with Crippen molar-refractivity contribution < 1.29 is 14.3 Å². The number of carbonyl (C=O) groups is 1. The van der Waals surface area contributed by atoms with Gasteiger partial charge in [0.05, 0.1) is 6.61 Å². The van der Waals surface area contributed by atoms with E-state index in [1.54, 1.807) is 0 Å². The summed E-state index contributed by atoms with van der Waals surface area (Å²) in [6.45, 7) is 13.2. The fourth-order valence-electron chi connectivity index (χ4n) is 2.85. The Morgan fingerprint density at radius 1 is 1.04 bits per heavy atom. The molecule has 3 heteroatoms. The van der Waals surface area contributed by atoms with Gasteiger partial charge in [-0.2, -0.15) is 0 Å². The van der Waals surface area contributed by atoms with Crippen LogP contribution in [0.4, 0.5) is 0 Å². The lowest BCUT2D eigenvalue weighted by atomic mass is 9.85. The van der Waals surface area contributed by atoms with Gasteiger partial charge in [-0.1, -0.05) is 64.4 Å². The van der Waals surface area contributed by atoms with Gasteiger partial charge < -0.3 is 9.47 Å². The van der Waals surface area contributed by atoms with Crippen LogP contribution in [0.3, 0.4) is 0 Å². The summed E-state index contributed by atoms with van der Waals surface area (Å²) in [6, 6.07) is 14.1. The number of aryl methyl sites for hydroxylation is 1. The van der Waals surface area contributed by atoms with Crippen molar-refractivity contribution in [1.82, 2.24) is 0 Å². The minimum Gasteiger partial charge on any atom is -0.494 e. The Kier molecular flexibility index (Phi) is 7.06. The third-order valence-electron chi connectivity index (χ3n) is 4.51. The first-order valence-corrected chi connectivity index (χ1v) is 9.71. The van der Waals surface area contributed by atoms with Gasteiger partial charge in [0, 0.05) is 12.0 Å². The summed E-state index contributed by atoms with van der Waals surface area (Å²) in [6.07, 6.45) is 0.961. The number of carbonyl (C=O) groups excluding carboxylic acids is 1. The highest BCUT2D eigenvalue weighted by atomic mass is 16.5. The molecular formula is C24H32O3. The molecule has 2 rings (SSSR count). The third kappa shape index (κ3) is 6.42. The molecule has 0 atom stereocenters. The van der Waals surface area contributed by atoms with E-state index in [9.17, 15) is 4.79 Å². The van der Waals surface area contributed by atoms with E-state index in [-0.39, 0.29) is 11.4 Å². The summed E-state index contributed by atoms with van der Waals surface area (Å²) in [4.78, 5) is 12.2. The Morgan fingerprint density at radius 2 is 1.70 bits per heavy atom. The van der Waals surface area contributed by atoms with Crippen molar-refractivity contribution in [2.75, 3.05) is 6.61 Å². The summed E-state index contributed by atoms with van der Waals surface area (Å²) in [7, 11) is 0. The molecule has 0 aliphatic carbocycles. The van der Waals surface area contributed by atoms with Crippen LogP contribution in [0.15, 0.2) is 42.5 Å². The van der Waals surface area contributed by atoms with Crippen molar-refractivity contribution in [2.24, 2.45) is 0 Å². The molecule has 0 aliphatic heterocycles. The normalized spacial score (nSPS) is 11.5. The molecule has 0 aromatic heterocycles. The quantitative estimate of drug-likeness (QED) is 0.332. The fraction of sp³-hybridized carbons (Fsp3) is 0.458. The van der Waals surface area contributed by atoms with E-state index in [0.717, 1.165) is 16.9 Å². The lowest BCUT2D eigenvalue weighted by molar-refractivity contribution is -0.134. The molecule has 2 aromatic rings. The van der Waals surface area contributed by atoms with Gasteiger partial charge >= 0.3 is 5.97 Å². The minimum absolute atomic E-state index is 0.0765. The SMILES string of the molecule is Cc1ccc(OC(=O)CCCOc2ccc(C(C)C)cc2)c(C(C)(C)C)c1. The maximum Gasteiger partial charge on any atom is 0.311 e. The number of benzene rings is 2. The van der Waals surface area contributed by atoms with Crippen LogP contribution in [-0.2, 0) is 10.2 Å². The van der Waals surface area contributed by atoms with Crippen molar-refractivity contribution in [3.8, 4) is 11.5 Å². The van der Waals surface area contributed by atoms with Gasteiger partial charge in [-0.05, 0) is 48.4 Å². The van der Waals surface area contributed by atoms with Gasteiger partial charge in [0.1, 0.15) is 11.5 Å². The highest BCUT2D eigenvalue weighted by Crippen LogP contribution is 2.32. The maximum atomic E-state index is 12.2. The standard InChI is InChI=1S/C24H32O3/c1-17(2)19-10-12-20(13-11-19)26-15-7-8-23(25)27-22-14-9-18(3)16-21(22)24(4,5)6/h9-14,16-17H,7-8,15H2,1-6H3. The van der Waals surface area contributed by atoms with Crippen molar-refractivity contribution >= 4 is 5.97 Å². The van der Waals surface area contributed by atoms with Crippen LogP contribution in [0.2, 0.25) is 0 Å². The first-order valence-electron chi connectivity index (χ1n) is 9.71. The molecule has 0 saturated heterocycles. The molecule has 0 bridgehead atoms. The molecule has 0 aliphatic rings. The van der Waals surface area contributed by atoms with Crippen LogP contribution in [0.1, 0.15) is 70.1 Å². The average Bonchev–Trinajstić information content (AvgIpc) is 2.60. The van der Waals surface area contributed by atoms with Crippen molar-refractivity contribution in [3.05, 3.63) is 59.2 Å². The number of hydrogen-bond acceptors (Lipinski definition) is 3. The molecule has 3 nitrogen and oxygen atoms in total. The summed E-state index contributed by atoms with van der Waals surface area (Å²) in [5.74, 6) is 1.78. The molecule has 146 valence electrons. The second kappa shape index (κ2) is 9.07. The Hall–Kier alpha value is -2.29. The molecule has 0 amide bonds. The van der Waals surface area contributed by atoms with Gasteiger partial charge in [0.25, 0.3) is 0 Å². The van der Waals surface area contributed by atoms with E-state index in [1.165, 1.54) is 5.56 Å². The van der Waals surface area contributed by atoms with Gasteiger partial charge in [-0.3, -0.25) is 4.79 Å². The molecule has 0 spiro atoms. The maximum absolute atomic E-state index is 12.2. The molecule has 0 radical (unpaired) electrons. The van der Waals surface area contributed by atoms with E-state index in [4.69, 9.17) is 9.47 Å². The number of esters is 1. The molecule has 0 heterocycles. The van der Waals surface area contributed by atoms with Crippen molar-refractivity contribution in [3.63, 3.8) is 0 Å². The topological polar surface area (TPSA) is 35.5 Å². The van der Waals surface area contributed by atoms with Crippen molar-refractivity contribution in [2.45, 2.75) is 65.7 Å². The minimum atomic E-state index is -0.219. The Labute approximate surface area is 163 Å². The van der Waals surface area contributed by atoms with Crippen LogP contribution < -0.4 is 9.47 Å². The zero-order valence-electron chi connectivity index (χ0n) is 17.5. The van der Waals surface area contributed by atoms with E-state index in [2.05, 4.69) is 52.8 Å². The second-order valence-corrected chi connectivity index (χ2v) is 8.40. The lowest BCUT2D eigenvalue weighted by Crippen LogP contribution is -2.17. The summed E-state index contributed by atoms with van der Waals surface area (Å²) in [5, 5.41) is 0. The first kappa shape index (κ1) is 21.0. The van der Waals surface area contributed by atoms with Crippen LogP contribution in [0.5, 0.6) is 11.5 Å². The molecule has 0 N–H and O–H groups in total. The van der Waals surface area contributed by atoms with Gasteiger partial charge in [0.2, 0.25) is 0 Å². The number of rotatable bonds is 7. The molecule has 27 heavy (non-hydrogen) atoms. The predicted molar refractivity (Wildman–Crippen MR) is 111 cm³/mol. The van der Waals surface area contributed by atoms with Crippen LogP contribution in [0.25, 0.3) is 0 Å². The first-order chi connectivity index (χ1) is 12.7. The molecule has 0 saturated carbocycles. The largest absolute Gasteiger partial charge is 0.494 e. The highest BCUT2D eigenvalue weighted by Gasteiger charge is 2.20. The Morgan fingerprint density at radius 3 is 2.30 bits per heavy atom.